The van der Waals surface area contributed by atoms with Gasteiger partial charge in [0.2, 0.25) is 0 Å². The largest absolute Gasteiger partial charge is 0.328 e. The van der Waals surface area contributed by atoms with Gasteiger partial charge in [0.05, 0.1) is 0 Å². The summed E-state index contributed by atoms with van der Waals surface area (Å²) in [6, 6.07) is 4.28. The third-order valence-electron chi connectivity index (χ3n) is 4.65. The standard InChI is InChI=1S/C21H31FN3.Ac/c1-4-5-6-7-20(22)19(21-16(2)8-9-17(3)24-21)12-15-25-13-10-18(23)11-14-25;/h6-9,12,18H,4-5,10-11,13-15,23H2,1-3H3;/q-1;/b7-6+,20-19+;. The van der Waals surface area contributed by atoms with Crippen molar-refractivity contribution in [2.24, 2.45) is 5.73 Å². The number of aryl methyl sites for hydroxylation is 2. The molecule has 0 atom stereocenters. The summed E-state index contributed by atoms with van der Waals surface area (Å²) in [4.78, 5) is 6.93. The molecule has 2 heterocycles. The maximum Gasteiger partial charge on any atom is 0.0229 e. The van der Waals surface area contributed by atoms with Gasteiger partial charge in [-0.15, -0.1) is 5.57 Å². The summed E-state index contributed by atoms with van der Waals surface area (Å²) in [5.41, 5.74) is 9.22. The third-order valence-corrected chi connectivity index (χ3v) is 4.65. The smallest absolute Gasteiger partial charge is 0.0229 e. The monoisotopic (exact) mass is 571 g/mol. The van der Waals surface area contributed by atoms with Crippen LogP contribution in [0.3, 0.4) is 0 Å². The molecule has 1 aliphatic heterocycles. The number of rotatable bonds is 7. The maximum absolute atomic E-state index is 14.9. The second-order valence-corrected chi connectivity index (χ2v) is 6.91. The molecule has 1 saturated heterocycles. The van der Waals surface area contributed by atoms with E-state index in [0.717, 1.165) is 62.3 Å². The fraction of sp³-hybridized carbons (Fsp3) is 0.524. The van der Waals surface area contributed by atoms with E-state index in [2.05, 4.69) is 16.8 Å². The number of likely N-dealkylation sites (tertiary alicyclic amines) is 1. The summed E-state index contributed by atoms with van der Waals surface area (Å²) in [7, 11) is 0. The van der Waals surface area contributed by atoms with Crippen molar-refractivity contribution in [3.05, 3.63) is 53.5 Å². The number of piperidine rings is 1. The molecule has 1 aromatic rings. The number of unbranched alkanes of at least 4 members (excludes halogenated alkanes) is 1. The van der Waals surface area contributed by atoms with Crippen LogP contribution < -0.4 is 5.73 Å². The van der Waals surface area contributed by atoms with Crippen molar-refractivity contribution in [2.75, 3.05) is 19.6 Å². The van der Waals surface area contributed by atoms with E-state index in [1.165, 1.54) is 0 Å². The molecule has 2 rings (SSSR count). The molecule has 5 heteroatoms. The summed E-state index contributed by atoms with van der Waals surface area (Å²) in [6.45, 7) is 8.69. The Balaban J connectivity index is 0.00000338. The molecule has 0 spiro atoms. The number of nitrogens with two attached hydrogens (primary N) is 1. The van der Waals surface area contributed by atoms with E-state index in [1.54, 1.807) is 6.08 Å². The summed E-state index contributed by atoms with van der Waals surface area (Å²) >= 11 is 0. The number of halogens is 1. The van der Waals surface area contributed by atoms with Gasteiger partial charge in [0.15, 0.2) is 0 Å². The summed E-state index contributed by atoms with van der Waals surface area (Å²) < 4.78 is 14.9. The zero-order valence-corrected chi connectivity index (χ0v) is 21.1. The number of hydrogen-bond acceptors (Lipinski definition) is 3. The average molecular weight is 571 g/mol. The van der Waals surface area contributed by atoms with Gasteiger partial charge < -0.3 is 15.6 Å². The van der Waals surface area contributed by atoms with Gasteiger partial charge in [-0.25, -0.2) is 0 Å². The van der Waals surface area contributed by atoms with E-state index < -0.39 is 0 Å². The van der Waals surface area contributed by atoms with Crippen LogP contribution in [0.15, 0.2) is 30.1 Å². The first kappa shape index (κ1) is 23.8. The Bertz CT molecular complexity index is 620. The van der Waals surface area contributed by atoms with E-state index in [1.807, 2.05) is 38.5 Å². The molecule has 0 amide bonds. The normalized spacial score (nSPS) is 17.1. The molecule has 2 N–H and O–H groups in total. The number of aromatic nitrogens is 1. The van der Waals surface area contributed by atoms with Gasteiger partial charge in [0, 0.05) is 61.6 Å². The van der Waals surface area contributed by atoms with Crippen molar-refractivity contribution in [2.45, 2.75) is 52.5 Å². The Morgan fingerprint density at radius 2 is 2.04 bits per heavy atom. The first-order chi connectivity index (χ1) is 12.0. The number of pyridine rings is 1. The Morgan fingerprint density at radius 1 is 1.35 bits per heavy atom. The van der Waals surface area contributed by atoms with Gasteiger partial charge in [-0.2, -0.15) is 6.42 Å². The molecule has 0 bridgehead atoms. The topological polar surface area (TPSA) is 42.1 Å². The van der Waals surface area contributed by atoms with E-state index in [0.29, 0.717) is 11.6 Å². The molecule has 1 fully saturated rings. The van der Waals surface area contributed by atoms with E-state index >= 15 is 0 Å². The van der Waals surface area contributed by atoms with Crippen LogP contribution in [0.25, 0.3) is 5.57 Å². The van der Waals surface area contributed by atoms with Gasteiger partial charge in [-0.05, 0) is 64.5 Å². The zero-order valence-electron chi connectivity index (χ0n) is 16.3. The Morgan fingerprint density at radius 3 is 2.69 bits per heavy atom. The second-order valence-electron chi connectivity index (χ2n) is 6.91. The van der Waals surface area contributed by atoms with Crippen molar-refractivity contribution in [3.63, 3.8) is 0 Å². The molecule has 1 radical (unpaired) electrons. The van der Waals surface area contributed by atoms with Crippen LogP contribution in [0.4, 0.5) is 4.39 Å². The fourth-order valence-corrected chi connectivity index (χ4v) is 3.01. The molecule has 0 unspecified atom stereocenters. The van der Waals surface area contributed by atoms with E-state index in [4.69, 9.17) is 5.73 Å². The van der Waals surface area contributed by atoms with Crippen LogP contribution in [0.5, 0.6) is 0 Å². The molecule has 1 aliphatic rings. The van der Waals surface area contributed by atoms with Crippen LogP contribution in [-0.4, -0.2) is 35.6 Å². The zero-order chi connectivity index (χ0) is 18.2. The first-order valence-corrected chi connectivity index (χ1v) is 9.33. The van der Waals surface area contributed by atoms with Crippen molar-refractivity contribution in [1.82, 2.24) is 9.88 Å². The van der Waals surface area contributed by atoms with Gasteiger partial charge in [-0.1, -0.05) is 37.1 Å². The van der Waals surface area contributed by atoms with E-state index in [-0.39, 0.29) is 49.9 Å². The third kappa shape index (κ3) is 7.43. The predicted molar refractivity (Wildman–Crippen MR) is 104 cm³/mol. The first-order valence-electron chi connectivity index (χ1n) is 9.33. The maximum atomic E-state index is 14.9. The summed E-state index contributed by atoms with van der Waals surface area (Å²) in [5.74, 6) is -0.205. The minimum absolute atomic E-state index is 0. The molecule has 141 valence electrons. The average Bonchev–Trinajstić information content (AvgIpc) is 2.60. The minimum Gasteiger partial charge on any atom is -0.328 e. The van der Waals surface area contributed by atoms with Crippen molar-refractivity contribution in [3.8, 4) is 0 Å². The van der Waals surface area contributed by atoms with Crippen molar-refractivity contribution >= 4 is 5.57 Å². The molecule has 0 aliphatic carbocycles. The SMILES string of the molecule is CCC/C=C/C(F)=C(/[CH-]CN1CCC(N)CC1)c1nc(C)ccc1C.[Ac]. The Kier molecular flexibility index (Phi) is 11.3. The number of allylic oxidation sites excluding steroid dienone is 3. The van der Waals surface area contributed by atoms with Crippen LogP contribution in [-0.2, 0) is 0 Å². The van der Waals surface area contributed by atoms with Crippen molar-refractivity contribution in [1.29, 1.82) is 0 Å². The van der Waals surface area contributed by atoms with Crippen LogP contribution in [0.2, 0.25) is 0 Å². The van der Waals surface area contributed by atoms with Crippen LogP contribution in [0.1, 0.15) is 49.6 Å². The second kappa shape index (κ2) is 12.3. The minimum atomic E-state index is -0.205. The van der Waals surface area contributed by atoms with Gasteiger partial charge in [-0.3, -0.25) is 4.39 Å². The van der Waals surface area contributed by atoms with Gasteiger partial charge in [0.25, 0.3) is 0 Å². The molecule has 0 saturated carbocycles. The van der Waals surface area contributed by atoms with Crippen molar-refractivity contribution < 1.29 is 48.5 Å². The Hall–Kier alpha value is -0.208. The predicted octanol–water partition coefficient (Wildman–Crippen LogP) is 4.36. The summed E-state index contributed by atoms with van der Waals surface area (Å²) in [6.07, 6.45) is 9.38. The Labute approximate surface area is 193 Å². The quantitative estimate of drug-likeness (QED) is 0.391. The van der Waals surface area contributed by atoms with Crippen LogP contribution in [0, 0.1) is 64.3 Å². The molecule has 1 aromatic heterocycles. The molecular weight excluding hydrogens is 540 g/mol. The molecule has 26 heavy (non-hydrogen) atoms. The summed E-state index contributed by atoms with van der Waals surface area (Å²) in [5, 5.41) is 0. The van der Waals surface area contributed by atoms with Gasteiger partial charge in [0.1, 0.15) is 0 Å². The number of nitrogens with zero attached hydrogens (tertiary/aromatic N) is 2. The van der Waals surface area contributed by atoms with E-state index in [9.17, 15) is 4.39 Å². The molecule has 3 nitrogen and oxygen atoms in total. The molecule has 0 aromatic carbocycles. The van der Waals surface area contributed by atoms with Gasteiger partial charge >= 0.3 is 0 Å². The molecular formula is C21H31AcFN3-. The number of hydrogen-bond donors (Lipinski definition) is 1. The fourth-order valence-electron chi connectivity index (χ4n) is 3.01. The van der Waals surface area contributed by atoms with Crippen LogP contribution >= 0.6 is 0 Å².